The lowest BCUT2D eigenvalue weighted by molar-refractivity contribution is -0.144. The van der Waals surface area contributed by atoms with Crippen LogP contribution in [0.3, 0.4) is 0 Å². The number of hydrazine groups is 1. The van der Waals surface area contributed by atoms with Gasteiger partial charge in [0.15, 0.2) is 17.7 Å². The first-order valence-electron chi connectivity index (χ1n) is 9.60. The fourth-order valence-corrected chi connectivity index (χ4v) is 3.07. The molecule has 0 unspecified atom stereocenters. The molecule has 8 heteroatoms. The highest BCUT2D eigenvalue weighted by Gasteiger charge is 2.32. The highest BCUT2D eigenvalue weighted by atomic mass is 19.1. The standard InChI is InChI=1S/C20H28FN3O4/c1-13(2)12-16(24-11-7-6-10-18(24)25)20(27)23-22-19(26)14(3)28-17-9-5-4-8-15(17)21/h4-5,8-9,13-14,16H,6-7,10-12H2,1-3H3,(H,22,26)(H,23,27)/t14-,16+/m0/s1. The minimum atomic E-state index is -1.02. The van der Waals surface area contributed by atoms with Crippen molar-refractivity contribution in [1.82, 2.24) is 15.8 Å². The zero-order chi connectivity index (χ0) is 20.7. The van der Waals surface area contributed by atoms with E-state index in [-0.39, 0.29) is 17.6 Å². The molecule has 3 amide bonds. The maximum absolute atomic E-state index is 13.6. The molecule has 1 saturated heterocycles. The fraction of sp³-hybridized carbons (Fsp3) is 0.550. The number of hydrogen-bond acceptors (Lipinski definition) is 4. The molecule has 0 aromatic heterocycles. The van der Waals surface area contributed by atoms with E-state index in [2.05, 4.69) is 10.9 Å². The Labute approximate surface area is 164 Å². The third kappa shape index (κ3) is 5.94. The predicted octanol–water partition coefficient (Wildman–Crippen LogP) is 2.17. The molecule has 0 radical (unpaired) electrons. The van der Waals surface area contributed by atoms with Crippen molar-refractivity contribution in [2.24, 2.45) is 5.92 Å². The molecule has 2 atom stereocenters. The van der Waals surface area contributed by atoms with Crippen LogP contribution in [0.4, 0.5) is 4.39 Å². The third-order valence-electron chi connectivity index (χ3n) is 4.55. The Balaban J connectivity index is 1.94. The molecule has 0 spiro atoms. The van der Waals surface area contributed by atoms with Crippen molar-refractivity contribution in [3.8, 4) is 5.75 Å². The minimum absolute atomic E-state index is 0.0466. The molecule has 1 heterocycles. The van der Waals surface area contributed by atoms with Gasteiger partial charge in [0.05, 0.1) is 0 Å². The van der Waals surface area contributed by atoms with E-state index >= 15 is 0 Å². The summed E-state index contributed by atoms with van der Waals surface area (Å²) in [4.78, 5) is 38.6. The molecule has 0 bridgehead atoms. The van der Waals surface area contributed by atoms with Gasteiger partial charge < -0.3 is 9.64 Å². The molecule has 1 fully saturated rings. The monoisotopic (exact) mass is 393 g/mol. The van der Waals surface area contributed by atoms with Gasteiger partial charge in [-0.2, -0.15) is 0 Å². The van der Waals surface area contributed by atoms with Crippen molar-refractivity contribution < 1.29 is 23.5 Å². The van der Waals surface area contributed by atoms with Crippen LogP contribution >= 0.6 is 0 Å². The Bertz CT molecular complexity index is 710. The Kier molecular flexibility index (Phi) is 7.78. The Morgan fingerprint density at radius 3 is 2.46 bits per heavy atom. The van der Waals surface area contributed by atoms with Gasteiger partial charge >= 0.3 is 0 Å². The van der Waals surface area contributed by atoms with Gasteiger partial charge in [-0.15, -0.1) is 0 Å². The SMILES string of the molecule is CC(C)C[C@H](C(=O)NNC(=O)[C@H](C)Oc1ccccc1F)N1CCCCC1=O. The summed E-state index contributed by atoms with van der Waals surface area (Å²) in [5, 5.41) is 0. The van der Waals surface area contributed by atoms with E-state index in [4.69, 9.17) is 4.74 Å². The van der Waals surface area contributed by atoms with Crippen molar-refractivity contribution in [3.05, 3.63) is 30.1 Å². The number of benzene rings is 1. The highest BCUT2D eigenvalue weighted by molar-refractivity contribution is 5.90. The number of halogens is 1. The fourth-order valence-electron chi connectivity index (χ4n) is 3.07. The summed E-state index contributed by atoms with van der Waals surface area (Å²) in [5.41, 5.74) is 4.69. The van der Waals surface area contributed by atoms with Crippen molar-refractivity contribution >= 4 is 17.7 Å². The summed E-state index contributed by atoms with van der Waals surface area (Å²) in [7, 11) is 0. The van der Waals surface area contributed by atoms with Gasteiger partial charge in [0.25, 0.3) is 11.8 Å². The number of carbonyl (C=O) groups excluding carboxylic acids is 3. The van der Waals surface area contributed by atoms with Gasteiger partial charge in [-0.05, 0) is 44.2 Å². The second-order valence-corrected chi connectivity index (χ2v) is 7.36. The smallest absolute Gasteiger partial charge is 0.279 e. The lowest BCUT2D eigenvalue weighted by atomic mass is 9.99. The number of para-hydroxylation sites is 1. The Hall–Kier alpha value is -2.64. The number of likely N-dealkylation sites (tertiary alicyclic amines) is 1. The summed E-state index contributed by atoms with van der Waals surface area (Å²) < 4.78 is 18.9. The topological polar surface area (TPSA) is 87.7 Å². The van der Waals surface area contributed by atoms with E-state index in [0.29, 0.717) is 19.4 Å². The maximum atomic E-state index is 13.6. The van der Waals surface area contributed by atoms with E-state index < -0.39 is 29.8 Å². The molecule has 1 aromatic rings. The van der Waals surface area contributed by atoms with Crippen LogP contribution in [0.1, 0.15) is 46.5 Å². The summed E-state index contributed by atoms with van der Waals surface area (Å²) in [5.74, 6) is -1.54. The van der Waals surface area contributed by atoms with Crippen LogP contribution in [0.2, 0.25) is 0 Å². The molecule has 1 aromatic carbocycles. The zero-order valence-electron chi connectivity index (χ0n) is 16.5. The molecule has 1 aliphatic heterocycles. The minimum Gasteiger partial charge on any atom is -0.478 e. The summed E-state index contributed by atoms with van der Waals surface area (Å²) in [6.45, 7) is 5.92. The molecule has 2 rings (SSSR count). The van der Waals surface area contributed by atoms with Crippen molar-refractivity contribution in [2.45, 2.75) is 58.6 Å². The third-order valence-corrected chi connectivity index (χ3v) is 4.55. The lowest BCUT2D eigenvalue weighted by Crippen LogP contribution is -2.56. The first kappa shape index (κ1) is 21.7. The van der Waals surface area contributed by atoms with E-state index in [0.717, 1.165) is 12.8 Å². The molecule has 154 valence electrons. The second-order valence-electron chi connectivity index (χ2n) is 7.36. The average molecular weight is 393 g/mol. The number of piperidine rings is 1. The van der Waals surface area contributed by atoms with E-state index in [9.17, 15) is 18.8 Å². The average Bonchev–Trinajstić information content (AvgIpc) is 2.66. The van der Waals surface area contributed by atoms with Crippen molar-refractivity contribution in [1.29, 1.82) is 0 Å². The molecule has 7 nitrogen and oxygen atoms in total. The number of nitrogens with zero attached hydrogens (tertiary/aromatic N) is 1. The van der Waals surface area contributed by atoms with Crippen LogP contribution in [0.5, 0.6) is 5.75 Å². The molecular weight excluding hydrogens is 365 g/mol. The first-order chi connectivity index (χ1) is 13.3. The normalized spacial score (nSPS) is 16.5. The van der Waals surface area contributed by atoms with E-state index in [1.807, 2.05) is 13.8 Å². The summed E-state index contributed by atoms with van der Waals surface area (Å²) >= 11 is 0. The summed E-state index contributed by atoms with van der Waals surface area (Å²) in [6.07, 6.45) is 1.59. The van der Waals surface area contributed by atoms with E-state index in [1.165, 1.54) is 25.1 Å². The molecule has 0 saturated carbocycles. The summed E-state index contributed by atoms with van der Waals surface area (Å²) in [6, 6.07) is 5.11. The van der Waals surface area contributed by atoms with Crippen molar-refractivity contribution in [2.75, 3.05) is 6.54 Å². The molecule has 2 N–H and O–H groups in total. The number of amides is 3. The van der Waals surface area contributed by atoms with Gasteiger partial charge in [0, 0.05) is 13.0 Å². The quantitative estimate of drug-likeness (QED) is 0.695. The second kappa shape index (κ2) is 10.1. The number of nitrogens with one attached hydrogen (secondary N) is 2. The van der Waals surface area contributed by atoms with E-state index in [1.54, 1.807) is 11.0 Å². The molecule has 1 aliphatic rings. The largest absolute Gasteiger partial charge is 0.478 e. The van der Waals surface area contributed by atoms with Crippen LogP contribution in [-0.4, -0.2) is 41.3 Å². The van der Waals surface area contributed by atoms with Gasteiger partial charge in [-0.25, -0.2) is 4.39 Å². The van der Waals surface area contributed by atoms with Crippen molar-refractivity contribution in [3.63, 3.8) is 0 Å². The van der Waals surface area contributed by atoms with Crippen LogP contribution in [-0.2, 0) is 14.4 Å². The molecule has 28 heavy (non-hydrogen) atoms. The number of rotatable bonds is 7. The van der Waals surface area contributed by atoms with Crippen LogP contribution in [0.25, 0.3) is 0 Å². The van der Waals surface area contributed by atoms with Gasteiger partial charge in [-0.3, -0.25) is 25.2 Å². The van der Waals surface area contributed by atoms with Gasteiger partial charge in [0.2, 0.25) is 5.91 Å². The van der Waals surface area contributed by atoms with Gasteiger partial charge in [-0.1, -0.05) is 26.0 Å². The Morgan fingerprint density at radius 1 is 1.14 bits per heavy atom. The predicted molar refractivity (Wildman–Crippen MR) is 102 cm³/mol. The van der Waals surface area contributed by atoms with Crippen LogP contribution < -0.4 is 15.6 Å². The van der Waals surface area contributed by atoms with Crippen LogP contribution in [0, 0.1) is 11.7 Å². The molecular formula is C20H28FN3O4. The maximum Gasteiger partial charge on any atom is 0.279 e. The number of hydrogen-bond donors (Lipinski definition) is 2. The van der Waals surface area contributed by atoms with Crippen LogP contribution in [0.15, 0.2) is 24.3 Å². The lowest BCUT2D eigenvalue weighted by Gasteiger charge is -2.34. The highest BCUT2D eigenvalue weighted by Crippen LogP contribution is 2.19. The zero-order valence-corrected chi connectivity index (χ0v) is 16.5. The Morgan fingerprint density at radius 2 is 1.82 bits per heavy atom. The number of ether oxygens (including phenoxy) is 1. The molecule has 0 aliphatic carbocycles. The van der Waals surface area contributed by atoms with Gasteiger partial charge in [0.1, 0.15) is 6.04 Å². The first-order valence-corrected chi connectivity index (χ1v) is 9.60. The number of carbonyl (C=O) groups is 3.